The fourth-order valence-electron chi connectivity index (χ4n) is 3.31. The van der Waals surface area contributed by atoms with Crippen LogP contribution in [0.3, 0.4) is 0 Å². The molecule has 1 aliphatic heterocycles. The van der Waals surface area contributed by atoms with Crippen LogP contribution in [0.5, 0.6) is 0 Å². The molecule has 3 rings (SSSR count). The Morgan fingerprint density at radius 1 is 1.28 bits per heavy atom. The Hall–Kier alpha value is -2.87. The number of alkyl halides is 5. The zero-order valence-electron chi connectivity index (χ0n) is 16.5. The largest absolute Gasteiger partial charge is 0.417 e. The summed E-state index contributed by atoms with van der Waals surface area (Å²) in [5.41, 5.74) is -1.82. The average molecular weight is 479 g/mol. The Labute approximate surface area is 179 Å². The molecule has 1 amide bonds. The first kappa shape index (κ1) is 23.8. The molecular formula is C18H18F5N5O3S. The molecule has 32 heavy (non-hydrogen) atoms. The molecule has 1 aliphatic rings. The average Bonchev–Trinajstić information content (AvgIpc) is 2.66. The number of rotatable bonds is 4. The molecule has 3 N–H and O–H groups in total. The number of carbonyl (C=O) groups is 1. The van der Waals surface area contributed by atoms with Gasteiger partial charge in [-0.25, -0.2) is 32.3 Å². The maximum absolute atomic E-state index is 13.7. The van der Waals surface area contributed by atoms with Gasteiger partial charge in [-0.1, -0.05) is 0 Å². The molecular weight excluding hydrogens is 461 g/mol. The molecule has 0 unspecified atom stereocenters. The van der Waals surface area contributed by atoms with Crippen molar-refractivity contribution in [1.29, 1.82) is 0 Å². The molecule has 0 bridgehead atoms. The van der Waals surface area contributed by atoms with E-state index in [1.54, 1.807) is 0 Å². The van der Waals surface area contributed by atoms with Gasteiger partial charge in [0.15, 0.2) is 5.03 Å². The number of anilines is 2. The molecule has 1 saturated heterocycles. The van der Waals surface area contributed by atoms with E-state index >= 15 is 0 Å². The van der Waals surface area contributed by atoms with E-state index in [0.29, 0.717) is 12.3 Å². The predicted molar refractivity (Wildman–Crippen MR) is 104 cm³/mol. The third-order valence-corrected chi connectivity index (χ3v) is 5.65. The maximum atomic E-state index is 13.7. The van der Waals surface area contributed by atoms with Crippen molar-refractivity contribution in [2.45, 2.75) is 42.9 Å². The third kappa shape index (κ3) is 5.30. The Morgan fingerprint density at radius 2 is 1.97 bits per heavy atom. The molecule has 14 heteroatoms. The standard InChI is InChI=1S/C18H18F5N5O3S/c1-10-8-17(19,20)3-5-28(10)15-13(6-11(9-26-15)18(21,22)23)16(29)27-12-2-4-25-14(7-12)32(24,30)31/h2,4,6-7,9-10H,3,5,8H2,1H3,(H2,24,30,31)(H,25,27,29)/t10-/m1/s1. The van der Waals surface area contributed by atoms with Crippen molar-refractivity contribution in [2.75, 3.05) is 16.8 Å². The van der Waals surface area contributed by atoms with E-state index in [1.807, 2.05) is 0 Å². The highest BCUT2D eigenvalue weighted by Gasteiger charge is 2.40. The zero-order chi connectivity index (χ0) is 23.9. The number of pyridine rings is 2. The number of carbonyl (C=O) groups excluding carboxylic acids is 1. The summed E-state index contributed by atoms with van der Waals surface area (Å²) in [4.78, 5) is 21.5. The van der Waals surface area contributed by atoms with E-state index in [-0.39, 0.29) is 18.1 Å². The molecule has 8 nitrogen and oxygen atoms in total. The van der Waals surface area contributed by atoms with Crippen LogP contribution in [-0.2, 0) is 16.2 Å². The van der Waals surface area contributed by atoms with Gasteiger partial charge in [0.25, 0.3) is 21.9 Å². The quantitative estimate of drug-likeness (QED) is 0.651. The lowest BCUT2D eigenvalue weighted by atomic mass is 9.98. The predicted octanol–water partition coefficient (Wildman–Crippen LogP) is 3.02. The van der Waals surface area contributed by atoms with Crippen molar-refractivity contribution in [3.8, 4) is 0 Å². The SMILES string of the molecule is C[C@@H]1CC(F)(F)CCN1c1ncc(C(F)(F)F)cc1C(=O)Nc1ccnc(S(N)(=O)=O)c1. The molecule has 1 atom stereocenters. The van der Waals surface area contributed by atoms with Crippen LogP contribution in [0.15, 0.2) is 35.6 Å². The lowest BCUT2D eigenvalue weighted by Gasteiger charge is -2.39. The molecule has 0 aliphatic carbocycles. The van der Waals surface area contributed by atoms with Crippen molar-refractivity contribution < 1.29 is 35.2 Å². The van der Waals surface area contributed by atoms with Crippen LogP contribution in [0.2, 0.25) is 0 Å². The minimum absolute atomic E-state index is 0.101. The number of primary sulfonamides is 1. The number of piperidine rings is 1. The molecule has 2 aromatic heterocycles. The Kier molecular flexibility index (Phi) is 6.12. The summed E-state index contributed by atoms with van der Waals surface area (Å²) in [5.74, 6) is -4.18. The minimum atomic E-state index is -4.81. The topological polar surface area (TPSA) is 118 Å². The lowest BCUT2D eigenvalue weighted by Crippen LogP contribution is -2.46. The fourth-order valence-corrected chi connectivity index (χ4v) is 3.81. The number of nitrogens with zero attached hydrogens (tertiary/aromatic N) is 3. The first-order valence-corrected chi connectivity index (χ1v) is 10.7. The van der Waals surface area contributed by atoms with Crippen LogP contribution in [-0.4, -0.2) is 42.8 Å². The van der Waals surface area contributed by atoms with E-state index in [9.17, 15) is 35.2 Å². The molecule has 1 fully saturated rings. The number of hydrogen-bond acceptors (Lipinski definition) is 6. The normalized spacial score (nSPS) is 19.0. The number of nitrogens with two attached hydrogens (primary N) is 1. The van der Waals surface area contributed by atoms with Crippen LogP contribution in [0.4, 0.5) is 33.5 Å². The van der Waals surface area contributed by atoms with Gasteiger partial charge in [-0.2, -0.15) is 13.2 Å². The van der Waals surface area contributed by atoms with Crippen molar-refractivity contribution in [3.05, 3.63) is 41.7 Å². The van der Waals surface area contributed by atoms with Gasteiger partial charge in [-0.3, -0.25) is 4.79 Å². The van der Waals surface area contributed by atoms with Gasteiger partial charge in [0.1, 0.15) is 5.82 Å². The Balaban J connectivity index is 2.00. The van der Waals surface area contributed by atoms with E-state index in [2.05, 4.69) is 15.3 Å². The molecule has 3 heterocycles. The first-order chi connectivity index (χ1) is 14.7. The van der Waals surface area contributed by atoms with Crippen LogP contribution < -0.4 is 15.4 Å². The van der Waals surface area contributed by atoms with Gasteiger partial charge in [0, 0.05) is 49.6 Å². The molecule has 174 valence electrons. The van der Waals surface area contributed by atoms with Crippen LogP contribution in [0.1, 0.15) is 35.7 Å². The molecule has 0 spiro atoms. The number of halogens is 5. The van der Waals surface area contributed by atoms with Crippen molar-refractivity contribution in [3.63, 3.8) is 0 Å². The summed E-state index contributed by atoms with van der Waals surface area (Å²) in [6.45, 7) is 1.23. The lowest BCUT2D eigenvalue weighted by molar-refractivity contribution is -0.137. The number of hydrogen-bond donors (Lipinski definition) is 2. The van der Waals surface area contributed by atoms with Gasteiger partial charge in [-0.05, 0) is 19.1 Å². The summed E-state index contributed by atoms with van der Waals surface area (Å²) in [5, 5.41) is 6.70. The highest BCUT2D eigenvalue weighted by molar-refractivity contribution is 7.89. The van der Waals surface area contributed by atoms with Crippen molar-refractivity contribution >= 4 is 27.4 Å². The monoisotopic (exact) mass is 479 g/mol. The fraction of sp³-hybridized carbons (Fsp3) is 0.389. The first-order valence-electron chi connectivity index (χ1n) is 9.19. The minimum Gasteiger partial charge on any atom is -0.353 e. The van der Waals surface area contributed by atoms with Gasteiger partial charge in [0.2, 0.25) is 0 Å². The zero-order valence-corrected chi connectivity index (χ0v) is 17.3. The third-order valence-electron chi connectivity index (χ3n) is 4.84. The summed E-state index contributed by atoms with van der Waals surface area (Å²) in [6, 6.07) is 1.90. The van der Waals surface area contributed by atoms with Crippen molar-refractivity contribution in [2.24, 2.45) is 5.14 Å². The summed E-state index contributed by atoms with van der Waals surface area (Å²) < 4.78 is 90.0. The maximum Gasteiger partial charge on any atom is 0.417 e. The van der Waals surface area contributed by atoms with E-state index in [4.69, 9.17) is 5.14 Å². The van der Waals surface area contributed by atoms with E-state index in [0.717, 1.165) is 12.3 Å². The number of nitrogens with one attached hydrogen (secondary N) is 1. The second-order valence-corrected chi connectivity index (χ2v) is 8.84. The second kappa shape index (κ2) is 8.24. The summed E-state index contributed by atoms with van der Waals surface area (Å²) >= 11 is 0. The van der Waals surface area contributed by atoms with Gasteiger partial charge in [0.05, 0.1) is 11.1 Å². The summed E-state index contributed by atoms with van der Waals surface area (Å²) in [6.07, 6.45) is -4.35. The van der Waals surface area contributed by atoms with Crippen LogP contribution in [0, 0.1) is 0 Å². The Bertz CT molecular complexity index is 1140. The number of amides is 1. The van der Waals surface area contributed by atoms with Gasteiger partial charge < -0.3 is 10.2 Å². The second-order valence-electron chi connectivity index (χ2n) is 7.33. The molecule has 2 aromatic rings. The smallest absolute Gasteiger partial charge is 0.353 e. The van der Waals surface area contributed by atoms with Crippen molar-refractivity contribution in [1.82, 2.24) is 9.97 Å². The van der Waals surface area contributed by atoms with E-state index < -0.39 is 63.1 Å². The highest BCUT2D eigenvalue weighted by Crippen LogP contribution is 2.37. The van der Waals surface area contributed by atoms with Gasteiger partial charge in [-0.15, -0.1) is 0 Å². The van der Waals surface area contributed by atoms with Crippen LogP contribution in [0.25, 0.3) is 0 Å². The van der Waals surface area contributed by atoms with Gasteiger partial charge >= 0.3 is 6.18 Å². The highest BCUT2D eigenvalue weighted by atomic mass is 32.2. The Morgan fingerprint density at radius 3 is 2.56 bits per heavy atom. The number of aromatic nitrogens is 2. The molecule has 0 radical (unpaired) electrons. The summed E-state index contributed by atoms with van der Waals surface area (Å²) in [7, 11) is -4.20. The molecule has 0 aromatic carbocycles. The van der Waals surface area contributed by atoms with E-state index in [1.165, 1.54) is 17.9 Å². The molecule has 0 saturated carbocycles. The number of sulfonamides is 1. The van der Waals surface area contributed by atoms with Crippen LogP contribution >= 0.6 is 0 Å².